The Labute approximate surface area is 125 Å². The third kappa shape index (κ3) is 4.22. The summed E-state index contributed by atoms with van der Waals surface area (Å²) in [5, 5.41) is 22.7. The molecule has 0 aliphatic carbocycles. The van der Waals surface area contributed by atoms with E-state index >= 15 is 0 Å². The first-order chi connectivity index (χ1) is 10.1. The molecule has 0 aromatic heterocycles. The number of nitrogens with one attached hydrogen (secondary N) is 1. The molecule has 2 aromatic carbocycles. The molecule has 2 rings (SSSR count). The summed E-state index contributed by atoms with van der Waals surface area (Å²) in [6, 6.07) is 12.3. The quantitative estimate of drug-likeness (QED) is 0.503. The number of carbonyl (C=O) groups is 1. The maximum atomic E-state index is 11.8. The van der Waals surface area contributed by atoms with Crippen LogP contribution in [0.25, 0.3) is 0 Å². The van der Waals surface area contributed by atoms with Gasteiger partial charge in [-0.1, -0.05) is 12.1 Å². The number of amides is 1. The standard InChI is InChI=1S/C14H12N2O4S/c17-12-3-1-2-4-13(12)21-9-14(18)15-10-5-7-11(8-6-10)16(19)20/h1-8,17H,9H2,(H,15,18). The number of anilines is 1. The molecule has 1 amide bonds. The van der Waals surface area contributed by atoms with Crippen molar-refractivity contribution in [1.29, 1.82) is 0 Å². The molecule has 0 unspecified atom stereocenters. The lowest BCUT2D eigenvalue weighted by molar-refractivity contribution is -0.384. The van der Waals surface area contributed by atoms with Crippen molar-refractivity contribution in [3.63, 3.8) is 0 Å². The molecule has 2 aromatic rings. The minimum Gasteiger partial charge on any atom is -0.507 e. The fourth-order valence-electron chi connectivity index (χ4n) is 1.59. The molecule has 0 aliphatic rings. The van der Waals surface area contributed by atoms with Crippen molar-refractivity contribution in [3.8, 4) is 5.75 Å². The number of hydrogen-bond acceptors (Lipinski definition) is 5. The number of nitro groups is 1. The molecule has 2 N–H and O–H groups in total. The van der Waals surface area contributed by atoms with Crippen LogP contribution in [-0.2, 0) is 4.79 Å². The van der Waals surface area contributed by atoms with Gasteiger partial charge in [-0.3, -0.25) is 14.9 Å². The van der Waals surface area contributed by atoms with Crippen molar-refractivity contribution in [1.82, 2.24) is 0 Å². The smallest absolute Gasteiger partial charge is 0.269 e. The third-order valence-electron chi connectivity index (χ3n) is 2.59. The van der Waals surface area contributed by atoms with Crippen LogP contribution in [0.1, 0.15) is 0 Å². The van der Waals surface area contributed by atoms with Crippen molar-refractivity contribution in [2.24, 2.45) is 0 Å². The predicted molar refractivity (Wildman–Crippen MR) is 80.6 cm³/mol. The molecule has 21 heavy (non-hydrogen) atoms. The largest absolute Gasteiger partial charge is 0.507 e. The lowest BCUT2D eigenvalue weighted by Gasteiger charge is -2.06. The molecular formula is C14H12N2O4S. The number of nitrogens with zero attached hydrogens (tertiary/aromatic N) is 1. The van der Waals surface area contributed by atoms with Gasteiger partial charge in [0.15, 0.2) is 0 Å². The number of phenols is 1. The van der Waals surface area contributed by atoms with Crippen molar-refractivity contribution < 1.29 is 14.8 Å². The second-order valence-electron chi connectivity index (χ2n) is 4.11. The van der Waals surface area contributed by atoms with Crippen LogP contribution in [0.2, 0.25) is 0 Å². The average molecular weight is 304 g/mol. The topological polar surface area (TPSA) is 92.5 Å². The van der Waals surface area contributed by atoms with E-state index in [9.17, 15) is 20.0 Å². The Morgan fingerprint density at radius 3 is 2.48 bits per heavy atom. The van der Waals surface area contributed by atoms with Gasteiger partial charge in [-0.25, -0.2) is 0 Å². The Bertz CT molecular complexity index is 658. The molecule has 7 heteroatoms. The third-order valence-corrected chi connectivity index (χ3v) is 3.65. The van der Waals surface area contributed by atoms with E-state index < -0.39 is 4.92 Å². The zero-order chi connectivity index (χ0) is 15.2. The fraction of sp³-hybridized carbons (Fsp3) is 0.0714. The van der Waals surface area contributed by atoms with Crippen LogP contribution in [0.15, 0.2) is 53.4 Å². The van der Waals surface area contributed by atoms with E-state index in [1.165, 1.54) is 36.0 Å². The number of para-hydroxylation sites is 1. The predicted octanol–water partition coefficient (Wildman–Crippen LogP) is 3.03. The number of hydrogen-bond donors (Lipinski definition) is 2. The zero-order valence-electron chi connectivity index (χ0n) is 10.9. The van der Waals surface area contributed by atoms with Gasteiger partial charge in [0.1, 0.15) is 5.75 Å². The lowest BCUT2D eigenvalue weighted by Crippen LogP contribution is -2.13. The summed E-state index contributed by atoms with van der Waals surface area (Å²) in [6.07, 6.45) is 0. The highest BCUT2D eigenvalue weighted by atomic mass is 32.2. The molecule has 0 saturated carbocycles. The number of aromatic hydroxyl groups is 1. The molecule has 0 bridgehead atoms. The SMILES string of the molecule is O=C(CSc1ccccc1O)Nc1ccc([N+](=O)[O-])cc1. The number of rotatable bonds is 5. The Morgan fingerprint density at radius 2 is 1.86 bits per heavy atom. The average Bonchev–Trinajstić information content (AvgIpc) is 2.47. The van der Waals surface area contributed by atoms with Crippen LogP contribution < -0.4 is 5.32 Å². The second-order valence-corrected chi connectivity index (χ2v) is 5.13. The number of non-ortho nitro benzene ring substituents is 1. The maximum absolute atomic E-state index is 11.8. The van der Waals surface area contributed by atoms with Crippen molar-refractivity contribution in [2.45, 2.75) is 4.90 Å². The van der Waals surface area contributed by atoms with Crippen molar-refractivity contribution in [2.75, 3.05) is 11.1 Å². The van der Waals surface area contributed by atoms with Crippen LogP contribution >= 0.6 is 11.8 Å². The molecule has 0 atom stereocenters. The number of thioether (sulfide) groups is 1. The van der Waals surface area contributed by atoms with E-state index in [0.29, 0.717) is 10.6 Å². The van der Waals surface area contributed by atoms with Gasteiger partial charge >= 0.3 is 0 Å². The van der Waals surface area contributed by atoms with Gasteiger partial charge in [-0.2, -0.15) is 0 Å². The highest BCUT2D eigenvalue weighted by Gasteiger charge is 2.08. The first kappa shape index (κ1) is 14.9. The van der Waals surface area contributed by atoms with Crippen LogP contribution in [0.5, 0.6) is 5.75 Å². The summed E-state index contributed by atoms with van der Waals surface area (Å²) >= 11 is 1.21. The summed E-state index contributed by atoms with van der Waals surface area (Å²) in [5.74, 6) is 0.0110. The summed E-state index contributed by atoms with van der Waals surface area (Å²) < 4.78 is 0. The highest BCUT2D eigenvalue weighted by molar-refractivity contribution is 8.00. The van der Waals surface area contributed by atoms with Gasteiger partial charge < -0.3 is 10.4 Å². The van der Waals surface area contributed by atoms with Gasteiger partial charge in [0.05, 0.1) is 10.7 Å². The lowest BCUT2D eigenvalue weighted by atomic mass is 10.3. The van der Waals surface area contributed by atoms with Crippen LogP contribution in [-0.4, -0.2) is 21.7 Å². The van der Waals surface area contributed by atoms with E-state index in [-0.39, 0.29) is 23.1 Å². The molecule has 0 fully saturated rings. The summed E-state index contributed by atoms with van der Waals surface area (Å²) in [7, 11) is 0. The Morgan fingerprint density at radius 1 is 1.19 bits per heavy atom. The van der Waals surface area contributed by atoms with Crippen molar-refractivity contribution in [3.05, 3.63) is 58.6 Å². The molecule has 0 heterocycles. The summed E-state index contributed by atoms with van der Waals surface area (Å²) in [6.45, 7) is 0. The van der Waals surface area contributed by atoms with Crippen LogP contribution in [0.3, 0.4) is 0 Å². The van der Waals surface area contributed by atoms with Gasteiger partial charge in [-0.15, -0.1) is 11.8 Å². The van der Waals surface area contributed by atoms with Crippen molar-refractivity contribution >= 4 is 29.0 Å². The zero-order valence-corrected chi connectivity index (χ0v) is 11.7. The second kappa shape index (κ2) is 6.76. The number of carbonyl (C=O) groups excluding carboxylic acids is 1. The molecule has 0 spiro atoms. The van der Waals surface area contributed by atoms with Crippen LogP contribution in [0, 0.1) is 10.1 Å². The molecule has 0 aliphatic heterocycles. The monoisotopic (exact) mass is 304 g/mol. The molecule has 108 valence electrons. The Balaban J connectivity index is 1.90. The minimum absolute atomic E-state index is 0.0309. The van der Waals surface area contributed by atoms with E-state index in [1.807, 2.05) is 0 Å². The number of phenolic OH excluding ortho intramolecular Hbond substituents is 1. The first-order valence-corrected chi connectivity index (χ1v) is 7.00. The minimum atomic E-state index is -0.500. The maximum Gasteiger partial charge on any atom is 0.269 e. The van der Waals surface area contributed by atoms with Gasteiger partial charge in [-0.05, 0) is 24.3 Å². The van der Waals surface area contributed by atoms with Gasteiger partial charge in [0, 0.05) is 22.7 Å². The molecule has 0 radical (unpaired) electrons. The fourth-order valence-corrected chi connectivity index (χ4v) is 2.34. The van der Waals surface area contributed by atoms with E-state index in [0.717, 1.165) is 0 Å². The molecule has 0 saturated heterocycles. The normalized spacial score (nSPS) is 10.1. The van der Waals surface area contributed by atoms with E-state index in [1.54, 1.807) is 24.3 Å². The Hall–Kier alpha value is -2.54. The first-order valence-electron chi connectivity index (χ1n) is 6.01. The molecular weight excluding hydrogens is 292 g/mol. The number of benzene rings is 2. The van der Waals surface area contributed by atoms with E-state index in [2.05, 4.69) is 5.32 Å². The van der Waals surface area contributed by atoms with Gasteiger partial charge in [0.25, 0.3) is 5.69 Å². The summed E-state index contributed by atoms with van der Waals surface area (Å²) in [5.41, 5.74) is 0.458. The molecule has 6 nitrogen and oxygen atoms in total. The highest BCUT2D eigenvalue weighted by Crippen LogP contribution is 2.27. The summed E-state index contributed by atoms with van der Waals surface area (Å²) in [4.78, 5) is 22.4. The van der Waals surface area contributed by atoms with Crippen LogP contribution in [0.4, 0.5) is 11.4 Å². The van der Waals surface area contributed by atoms with E-state index in [4.69, 9.17) is 0 Å². The Kier molecular flexibility index (Phi) is 4.78. The van der Waals surface area contributed by atoms with Gasteiger partial charge in [0.2, 0.25) is 5.91 Å². The number of nitro benzene ring substituents is 1.